The van der Waals surface area contributed by atoms with Crippen LogP contribution < -0.4 is 4.74 Å². The topological polar surface area (TPSA) is 49.7 Å². The van der Waals surface area contributed by atoms with Gasteiger partial charge in [0.25, 0.3) is 0 Å². The Morgan fingerprint density at radius 3 is 2.64 bits per heavy atom. The van der Waals surface area contributed by atoms with Gasteiger partial charge in [-0.05, 0) is 24.6 Å². The summed E-state index contributed by atoms with van der Waals surface area (Å²) in [5.74, 6) is -0.0428. The number of benzene rings is 1. The molecule has 3 nitrogen and oxygen atoms in total. The van der Waals surface area contributed by atoms with Crippen LogP contribution in [0.3, 0.4) is 0 Å². The molecule has 1 aromatic carbocycles. The zero-order valence-corrected chi connectivity index (χ0v) is 8.12. The van der Waals surface area contributed by atoms with E-state index in [0.29, 0.717) is 11.3 Å². The number of halogens is 1. The van der Waals surface area contributed by atoms with Crippen molar-refractivity contribution >= 4 is 0 Å². The van der Waals surface area contributed by atoms with Gasteiger partial charge in [0, 0.05) is 5.56 Å². The normalized spacial score (nSPS) is 12.6. The molecule has 0 fully saturated rings. The number of hydrogen-bond acceptors (Lipinski definition) is 3. The molecule has 0 radical (unpaired) electrons. The highest BCUT2D eigenvalue weighted by Gasteiger charge is 2.14. The molecule has 1 unspecified atom stereocenters. The molecule has 2 N–H and O–H groups in total. The maximum Gasteiger partial charge on any atom is 0.126 e. The van der Waals surface area contributed by atoms with Crippen molar-refractivity contribution in [2.75, 3.05) is 13.7 Å². The van der Waals surface area contributed by atoms with Crippen LogP contribution in [0.4, 0.5) is 4.39 Å². The minimum atomic E-state index is -1.11. The predicted molar refractivity (Wildman–Crippen MR) is 49.7 cm³/mol. The van der Waals surface area contributed by atoms with Crippen molar-refractivity contribution < 1.29 is 19.3 Å². The van der Waals surface area contributed by atoms with E-state index in [2.05, 4.69) is 0 Å². The Hall–Kier alpha value is -1.13. The fraction of sp³-hybridized carbons (Fsp3) is 0.400. The zero-order valence-electron chi connectivity index (χ0n) is 8.12. The third-order valence-electron chi connectivity index (χ3n) is 2.04. The molecule has 0 aliphatic carbocycles. The van der Waals surface area contributed by atoms with E-state index in [-0.39, 0.29) is 5.56 Å². The summed E-state index contributed by atoms with van der Waals surface area (Å²) >= 11 is 0. The van der Waals surface area contributed by atoms with Crippen LogP contribution in [0, 0.1) is 12.7 Å². The molecule has 0 saturated heterocycles. The molecule has 0 bridgehead atoms. The quantitative estimate of drug-likeness (QED) is 0.770. The van der Waals surface area contributed by atoms with Crippen molar-refractivity contribution in [1.29, 1.82) is 0 Å². The van der Waals surface area contributed by atoms with Gasteiger partial charge in [0.1, 0.15) is 17.7 Å². The molecule has 0 aliphatic heterocycles. The Morgan fingerprint density at radius 2 is 2.14 bits per heavy atom. The Labute approximate surface area is 81.8 Å². The van der Waals surface area contributed by atoms with E-state index in [4.69, 9.17) is 9.84 Å². The van der Waals surface area contributed by atoms with Gasteiger partial charge in [-0.3, -0.25) is 0 Å². The summed E-state index contributed by atoms with van der Waals surface area (Å²) in [4.78, 5) is 0. The summed E-state index contributed by atoms with van der Waals surface area (Å²) in [7, 11) is 1.43. The summed E-state index contributed by atoms with van der Waals surface area (Å²) in [5.41, 5.74) is 0.703. The minimum absolute atomic E-state index is 0.262. The number of aryl methyl sites for hydroxylation is 1. The summed E-state index contributed by atoms with van der Waals surface area (Å²) in [6.07, 6.45) is -1.11. The fourth-order valence-corrected chi connectivity index (χ4v) is 1.21. The Balaban J connectivity index is 3.19. The van der Waals surface area contributed by atoms with Gasteiger partial charge in [0.05, 0.1) is 13.7 Å². The number of aliphatic hydroxyl groups excluding tert-OH is 2. The molecular weight excluding hydrogens is 187 g/mol. The van der Waals surface area contributed by atoms with E-state index in [9.17, 15) is 9.50 Å². The molecule has 0 aromatic heterocycles. The van der Waals surface area contributed by atoms with Crippen LogP contribution in [-0.4, -0.2) is 23.9 Å². The van der Waals surface area contributed by atoms with E-state index in [1.165, 1.54) is 19.2 Å². The first-order chi connectivity index (χ1) is 6.60. The second kappa shape index (κ2) is 4.39. The standard InChI is InChI=1S/C10H13FO3/c1-6-3-10(14-2)7(4-8(6)11)9(13)5-12/h3-4,9,12-13H,5H2,1-2H3. The van der Waals surface area contributed by atoms with E-state index in [0.717, 1.165) is 0 Å². The van der Waals surface area contributed by atoms with Gasteiger partial charge in [-0.1, -0.05) is 0 Å². The van der Waals surface area contributed by atoms with Crippen LogP contribution in [-0.2, 0) is 0 Å². The first kappa shape index (κ1) is 10.9. The number of hydrogen-bond donors (Lipinski definition) is 2. The van der Waals surface area contributed by atoms with Gasteiger partial charge in [0.15, 0.2) is 0 Å². The molecule has 1 rings (SSSR count). The van der Waals surface area contributed by atoms with Crippen LogP contribution in [0.15, 0.2) is 12.1 Å². The average Bonchev–Trinajstić information content (AvgIpc) is 2.20. The lowest BCUT2D eigenvalue weighted by Gasteiger charge is -2.13. The van der Waals surface area contributed by atoms with Crippen LogP contribution >= 0.6 is 0 Å². The molecule has 0 spiro atoms. The highest BCUT2D eigenvalue weighted by atomic mass is 19.1. The summed E-state index contributed by atoms with van der Waals surface area (Å²) in [6, 6.07) is 2.67. The SMILES string of the molecule is COc1cc(C)c(F)cc1C(O)CO. The van der Waals surface area contributed by atoms with E-state index in [1.54, 1.807) is 6.92 Å². The first-order valence-electron chi connectivity index (χ1n) is 4.23. The van der Waals surface area contributed by atoms with Gasteiger partial charge < -0.3 is 14.9 Å². The van der Waals surface area contributed by atoms with Crippen molar-refractivity contribution in [2.24, 2.45) is 0 Å². The van der Waals surface area contributed by atoms with Gasteiger partial charge in [0.2, 0.25) is 0 Å². The highest BCUT2D eigenvalue weighted by Crippen LogP contribution is 2.27. The van der Waals surface area contributed by atoms with E-state index < -0.39 is 18.5 Å². The number of ether oxygens (including phenoxy) is 1. The second-order valence-electron chi connectivity index (χ2n) is 3.04. The first-order valence-corrected chi connectivity index (χ1v) is 4.23. The largest absolute Gasteiger partial charge is 0.496 e. The third kappa shape index (κ3) is 2.02. The number of aliphatic hydroxyl groups is 2. The second-order valence-corrected chi connectivity index (χ2v) is 3.04. The van der Waals surface area contributed by atoms with Gasteiger partial charge in [-0.2, -0.15) is 0 Å². The highest BCUT2D eigenvalue weighted by molar-refractivity contribution is 5.39. The van der Waals surface area contributed by atoms with Crippen molar-refractivity contribution in [1.82, 2.24) is 0 Å². The Kier molecular flexibility index (Phi) is 3.43. The van der Waals surface area contributed by atoms with Gasteiger partial charge in [-0.15, -0.1) is 0 Å². The smallest absolute Gasteiger partial charge is 0.126 e. The van der Waals surface area contributed by atoms with Crippen LogP contribution in [0.1, 0.15) is 17.2 Å². The van der Waals surface area contributed by atoms with Crippen molar-refractivity contribution in [3.63, 3.8) is 0 Å². The van der Waals surface area contributed by atoms with Gasteiger partial charge >= 0.3 is 0 Å². The molecule has 0 saturated carbocycles. The third-order valence-corrected chi connectivity index (χ3v) is 2.04. The molecular formula is C10H13FO3. The lowest BCUT2D eigenvalue weighted by Crippen LogP contribution is -2.06. The molecule has 14 heavy (non-hydrogen) atoms. The number of rotatable bonds is 3. The molecule has 4 heteroatoms. The fourth-order valence-electron chi connectivity index (χ4n) is 1.21. The van der Waals surface area contributed by atoms with Gasteiger partial charge in [-0.25, -0.2) is 4.39 Å². The summed E-state index contributed by atoms with van der Waals surface area (Å²) in [6.45, 7) is 1.14. The van der Waals surface area contributed by atoms with E-state index in [1.807, 2.05) is 0 Å². The lowest BCUT2D eigenvalue weighted by molar-refractivity contribution is 0.0930. The number of methoxy groups -OCH3 is 1. The van der Waals surface area contributed by atoms with Crippen LogP contribution in [0.5, 0.6) is 5.75 Å². The molecule has 0 amide bonds. The maximum absolute atomic E-state index is 13.1. The Bertz CT molecular complexity index is 325. The molecule has 0 aliphatic rings. The van der Waals surface area contributed by atoms with Crippen molar-refractivity contribution in [3.8, 4) is 5.75 Å². The van der Waals surface area contributed by atoms with E-state index >= 15 is 0 Å². The van der Waals surface area contributed by atoms with Crippen molar-refractivity contribution in [2.45, 2.75) is 13.0 Å². The molecule has 1 atom stereocenters. The Morgan fingerprint density at radius 1 is 1.50 bits per heavy atom. The summed E-state index contributed by atoms with van der Waals surface area (Å²) < 4.78 is 18.1. The molecule has 0 heterocycles. The monoisotopic (exact) mass is 200 g/mol. The molecule has 78 valence electrons. The average molecular weight is 200 g/mol. The molecule has 1 aromatic rings. The lowest BCUT2D eigenvalue weighted by atomic mass is 10.1. The zero-order chi connectivity index (χ0) is 10.7. The maximum atomic E-state index is 13.1. The van der Waals surface area contributed by atoms with Crippen molar-refractivity contribution in [3.05, 3.63) is 29.1 Å². The predicted octanol–water partition coefficient (Wildman–Crippen LogP) is 1.17. The van der Waals surface area contributed by atoms with Crippen LogP contribution in [0.2, 0.25) is 0 Å². The van der Waals surface area contributed by atoms with Crippen LogP contribution in [0.25, 0.3) is 0 Å². The summed E-state index contributed by atoms with van der Waals surface area (Å²) in [5, 5.41) is 18.1. The minimum Gasteiger partial charge on any atom is -0.496 e.